The van der Waals surface area contributed by atoms with Crippen molar-refractivity contribution in [2.75, 3.05) is 11.3 Å². The van der Waals surface area contributed by atoms with Gasteiger partial charge in [0.1, 0.15) is 5.75 Å². The van der Waals surface area contributed by atoms with E-state index >= 15 is 0 Å². The lowest BCUT2D eigenvalue weighted by atomic mass is 10.2. The van der Waals surface area contributed by atoms with Crippen LogP contribution in [0.25, 0.3) is 0 Å². The molecule has 0 bridgehead atoms. The van der Waals surface area contributed by atoms with Crippen molar-refractivity contribution in [2.24, 2.45) is 5.92 Å². The van der Waals surface area contributed by atoms with Crippen molar-refractivity contribution >= 4 is 15.9 Å². The number of anilines is 1. The Morgan fingerprint density at radius 1 is 1.35 bits per heavy atom. The van der Waals surface area contributed by atoms with Crippen molar-refractivity contribution in [2.45, 2.75) is 20.8 Å². The van der Waals surface area contributed by atoms with Gasteiger partial charge in [0.05, 0.1) is 5.69 Å². The van der Waals surface area contributed by atoms with Gasteiger partial charge in [-0.1, -0.05) is 13.8 Å². The molecular weight excluding hydrogens is 240 g/mol. The number of aryl methyl sites for hydroxylation is 1. The van der Waals surface area contributed by atoms with Crippen LogP contribution in [-0.4, -0.2) is 20.1 Å². The first-order valence-electron chi connectivity index (χ1n) is 5.37. The van der Waals surface area contributed by atoms with E-state index in [0.29, 0.717) is 17.8 Å². The lowest BCUT2D eigenvalue weighted by Gasteiger charge is -2.11. The summed E-state index contributed by atoms with van der Waals surface area (Å²) in [5.41, 5.74) is 1.05. The summed E-state index contributed by atoms with van der Waals surface area (Å²) in [4.78, 5) is 0. The predicted octanol–water partition coefficient (Wildman–Crippen LogP) is 1.60. The molecule has 0 aliphatic heterocycles. The van der Waals surface area contributed by atoms with E-state index in [9.17, 15) is 13.5 Å². The maximum Gasteiger partial charge on any atom is 0.299 e. The molecule has 0 unspecified atom stereocenters. The van der Waals surface area contributed by atoms with Crippen molar-refractivity contribution in [3.8, 4) is 5.75 Å². The fourth-order valence-corrected chi connectivity index (χ4v) is 2.25. The summed E-state index contributed by atoms with van der Waals surface area (Å²) < 4.78 is 28.1. The smallest absolute Gasteiger partial charge is 0.299 e. The van der Waals surface area contributed by atoms with Crippen LogP contribution in [0.3, 0.4) is 0 Å². The molecular formula is C11H18N2O3S. The number of rotatable bonds is 5. The highest BCUT2D eigenvalue weighted by molar-refractivity contribution is 7.90. The van der Waals surface area contributed by atoms with E-state index in [1.165, 1.54) is 12.1 Å². The van der Waals surface area contributed by atoms with Crippen LogP contribution in [0.4, 0.5) is 5.69 Å². The molecule has 0 radical (unpaired) electrons. The second-order valence-electron chi connectivity index (χ2n) is 4.35. The molecule has 0 heterocycles. The molecule has 0 fully saturated rings. The zero-order valence-corrected chi connectivity index (χ0v) is 11.0. The minimum Gasteiger partial charge on any atom is -0.508 e. The van der Waals surface area contributed by atoms with E-state index < -0.39 is 10.2 Å². The van der Waals surface area contributed by atoms with Gasteiger partial charge < -0.3 is 5.11 Å². The normalized spacial score (nSPS) is 11.8. The first-order chi connectivity index (χ1) is 7.80. The van der Waals surface area contributed by atoms with Crippen LogP contribution in [0.1, 0.15) is 19.4 Å². The van der Waals surface area contributed by atoms with E-state index in [4.69, 9.17) is 0 Å². The van der Waals surface area contributed by atoms with Gasteiger partial charge in [-0.15, -0.1) is 0 Å². The monoisotopic (exact) mass is 258 g/mol. The fourth-order valence-electron chi connectivity index (χ4n) is 1.19. The van der Waals surface area contributed by atoms with E-state index in [1.807, 2.05) is 13.8 Å². The van der Waals surface area contributed by atoms with Gasteiger partial charge in [-0.3, -0.25) is 4.72 Å². The molecule has 0 aromatic heterocycles. The highest BCUT2D eigenvalue weighted by Gasteiger charge is 2.10. The van der Waals surface area contributed by atoms with Gasteiger partial charge in [0.25, 0.3) is 10.2 Å². The number of phenolic OH excluding ortho intramolecular Hbond substituents is 1. The molecule has 0 amide bonds. The molecule has 0 aliphatic carbocycles. The number of phenols is 1. The van der Waals surface area contributed by atoms with Crippen LogP contribution in [0, 0.1) is 12.8 Å². The van der Waals surface area contributed by atoms with E-state index in [2.05, 4.69) is 9.44 Å². The summed E-state index contributed by atoms with van der Waals surface area (Å²) in [6.07, 6.45) is 0. The van der Waals surface area contributed by atoms with Crippen LogP contribution in [-0.2, 0) is 10.2 Å². The molecule has 5 nitrogen and oxygen atoms in total. The maximum absolute atomic E-state index is 11.6. The summed E-state index contributed by atoms with van der Waals surface area (Å²) in [6, 6.07) is 4.54. The standard InChI is InChI=1S/C11H18N2O3S/c1-8(2)7-12-17(15,16)13-10-4-5-11(14)9(3)6-10/h4-6,8,12-14H,7H2,1-3H3. The van der Waals surface area contributed by atoms with Gasteiger partial charge in [-0.25, -0.2) is 0 Å². The molecule has 1 aromatic rings. The third kappa shape index (κ3) is 4.62. The Balaban J connectivity index is 2.73. The highest BCUT2D eigenvalue weighted by Crippen LogP contribution is 2.20. The van der Waals surface area contributed by atoms with Crippen molar-refractivity contribution in [3.05, 3.63) is 23.8 Å². The number of nitrogens with one attached hydrogen (secondary N) is 2. The number of aromatic hydroxyl groups is 1. The largest absolute Gasteiger partial charge is 0.508 e. The summed E-state index contributed by atoms with van der Waals surface area (Å²) in [5, 5.41) is 9.33. The number of benzene rings is 1. The predicted molar refractivity (Wildman–Crippen MR) is 68.2 cm³/mol. The Morgan fingerprint density at radius 2 is 2.00 bits per heavy atom. The van der Waals surface area contributed by atoms with E-state index in [-0.39, 0.29) is 11.7 Å². The van der Waals surface area contributed by atoms with Gasteiger partial charge in [-0.2, -0.15) is 13.1 Å². The van der Waals surface area contributed by atoms with Gasteiger partial charge in [0.2, 0.25) is 0 Å². The lowest BCUT2D eigenvalue weighted by Crippen LogP contribution is -2.32. The third-order valence-corrected chi connectivity index (χ3v) is 3.18. The zero-order chi connectivity index (χ0) is 13.1. The molecule has 6 heteroatoms. The molecule has 0 aliphatic rings. The second kappa shape index (κ2) is 5.37. The van der Waals surface area contributed by atoms with Crippen LogP contribution >= 0.6 is 0 Å². The SMILES string of the molecule is Cc1cc(NS(=O)(=O)NCC(C)C)ccc1O. The Bertz CT molecular complexity index is 483. The summed E-state index contributed by atoms with van der Waals surface area (Å²) in [7, 11) is -3.54. The molecule has 96 valence electrons. The quantitative estimate of drug-likeness (QED) is 0.702. The van der Waals surface area contributed by atoms with Gasteiger partial charge >= 0.3 is 0 Å². The molecule has 3 N–H and O–H groups in total. The summed E-state index contributed by atoms with van der Waals surface area (Å²) in [5.74, 6) is 0.385. The summed E-state index contributed by atoms with van der Waals surface area (Å²) in [6.45, 7) is 5.93. The third-order valence-electron chi connectivity index (χ3n) is 2.13. The zero-order valence-electron chi connectivity index (χ0n) is 10.2. The summed E-state index contributed by atoms with van der Waals surface area (Å²) >= 11 is 0. The second-order valence-corrected chi connectivity index (χ2v) is 5.85. The van der Waals surface area contributed by atoms with E-state index in [1.54, 1.807) is 13.0 Å². The van der Waals surface area contributed by atoms with Crippen molar-refractivity contribution in [1.82, 2.24) is 4.72 Å². The van der Waals surface area contributed by atoms with Crippen LogP contribution < -0.4 is 9.44 Å². The van der Waals surface area contributed by atoms with Crippen molar-refractivity contribution < 1.29 is 13.5 Å². The van der Waals surface area contributed by atoms with Gasteiger partial charge in [-0.05, 0) is 36.6 Å². The Kier molecular flexibility index (Phi) is 4.36. The average Bonchev–Trinajstić information content (AvgIpc) is 2.21. The number of hydrogen-bond acceptors (Lipinski definition) is 3. The first-order valence-corrected chi connectivity index (χ1v) is 6.85. The van der Waals surface area contributed by atoms with Gasteiger partial charge in [0, 0.05) is 6.54 Å². The Hall–Kier alpha value is -1.27. The molecule has 0 saturated carbocycles. The van der Waals surface area contributed by atoms with Crippen molar-refractivity contribution in [1.29, 1.82) is 0 Å². The minimum atomic E-state index is -3.54. The molecule has 1 rings (SSSR count). The van der Waals surface area contributed by atoms with Crippen LogP contribution in [0.15, 0.2) is 18.2 Å². The van der Waals surface area contributed by atoms with Crippen LogP contribution in [0.5, 0.6) is 5.75 Å². The van der Waals surface area contributed by atoms with Crippen LogP contribution in [0.2, 0.25) is 0 Å². The van der Waals surface area contributed by atoms with E-state index in [0.717, 1.165) is 0 Å². The molecule has 0 saturated heterocycles. The first kappa shape index (κ1) is 13.8. The molecule has 0 spiro atoms. The molecule has 17 heavy (non-hydrogen) atoms. The Labute approximate surface area is 102 Å². The molecule has 0 atom stereocenters. The average molecular weight is 258 g/mol. The highest BCUT2D eigenvalue weighted by atomic mass is 32.2. The fraction of sp³-hybridized carbons (Fsp3) is 0.455. The number of hydrogen-bond donors (Lipinski definition) is 3. The molecule has 1 aromatic carbocycles. The van der Waals surface area contributed by atoms with Crippen molar-refractivity contribution in [3.63, 3.8) is 0 Å². The minimum absolute atomic E-state index is 0.142. The topological polar surface area (TPSA) is 78.4 Å². The lowest BCUT2D eigenvalue weighted by molar-refractivity contribution is 0.471. The maximum atomic E-state index is 11.6. The van der Waals surface area contributed by atoms with Gasteiger partial charge in [0.15, 0.2) is 0 Å². The Morgan fingerprint density at radius 3 is 2.53 bits per heavy atom.